The normalized spacial score (nSPS) is 21.0. The molecule has 0 aliphatic heterocycles. The maximum atomic E-state index is 12.1. The Morgan fingerprint density at radius 1 is 1.18 bits per heavy atom. The number of ether oxygens (including phenoxy) is 1. The van der Waals surface area contributed by atoms with Crippen molar-refractivity contribution in [2.75, 3.05) is 12.4 Å². The van der Waals surface area contributed by atoms with Crippen LogP contribution in [0.3, 0.4) is 0 Å². The second-order valence-corrected chi connectivity index (χ2v) is 6.00. The molecule has 5 nitrogen and oxygen atoms in total. The number of hydrogen-bond donors (Lipinski definition) is 2. The van der Waals surface area contributed by atoms with Crippen molar-refractivity contribution in [2.24, 2.45) is 5.92 Å². The van der Waals surface area contributed by atoms with Gasteiger partial charge in [0.25, 0.3) is 0 Å². The van der Waals surface area contributed by atoms with Crippen molar-refractivity contribution >= 4 is 17.5 Å². The van der Waals surface area contributed by atoms with Crippen LogP contribution in [0.25, 0.3) is 0 Å². The van der Waals surface area contributed by atoms with E-state index < -0.39 is 11.8 Å². The monoisotopic (exact) mass is 304 g/mol. The number of amides is 2. The first-order valence-electron chi connectivity index (χ1n) is 7.77. The van der Waals surface area contributed by atoms with Crippen molar-refractivity contribution in [3.8, 4) is 5.75 Å². The topological polar surface area (TPSA) is 67.4 Å². The van der Waals surface area contributed by atoms with Crippen molar-refractivity contribution < 1.29 is 14.3 Å². The van der Waals surface area contributed by atoms with Crippen LogP contribution in [0.5, 0.6) is 5.75 Å². The Balaban J connectivity index is 1.99. The molecular weight excluding hydrogens is 280 g/mol. The summed E-state index contributed by atoms with van der Waals surface area (Å²) < 4.78 is 5.20. The molecule has 0 heterocycles. The summed E-state index contributed by atoms with van der Waals surface area (Å²) in [5, 5.41) is 5.48. The van der Waals surface area contributed by atoms with E-state index in [1.165, 1.54) is 13.5 Å². The highest BCUT2D eigenvalue weighted by Crippen LogP contribution is 2.26. The summed E-state index contributed by atoms with van der Waals surface area (Å²) in [6, 6.07) is 5.53. The molecule has 0 aromatic heterocycles. The van der Waals surface area contributed by atoms with Gasteiger partial charge in [0.15, 0.2) is 0 Å². The molecule has 0 spiro atoms. The Bertz CT molecular complexity index is 557. The molecule has 0 radical (unpaired) electrons. The molecule has 2 atom stereocenters. The summed E-state index contributed by atoms with van der Waals surface area (Å²) in [7, 11) is 1.53. The minimum Gasteiger partial charge on any atom is -0.495 e. The number of carbonyl (C=O) groups excluding carboxylic acids is 2. The van der Waals surface area contributed by atoms with E-state index in [0.29, 0.717) is 17.4 Å². The quantitative estimate of drug-likeness (QED) is 0.844. The third-order valence-corrected chi connectivity index (χ3v) is 4.24. The molecule has 1 aliphatic carbocycles. The lowest BCUT2D eigenvalue weighted by molar-refractivity contribution is -0.137. The predicted octanol–water partition coefficient (Wildman–Crippen LogP) is 2.64. The van der Waals surface area contributed by atoms with Gasteiger partial charge in [-0.3, -0.25) is 9.59 Å². The molecule has 1 aliphatic rings. The number of carbonyl (C=O) groups is 2. The zero-order valence-electron chi connectivity index (χ0n) is 13.4. The molecule has 5 heteroatoms. The molecule has 0 bridgehead atoms. The van der Waals surface area contributed by atoms with Gasteiger partial charge in [-0.1, -0.05) is 25.8 Å². The van der Waals surface area contributed by atoms with Crippen molar-refractivity contribution in [1.29, 1.82) is 0 Å². The highest BCUT2D eigenvalue weighted by Gasteiger charge is 2.25. The molecule has 1 aromatic carbocycles. The van der Waals surface area contributed by atoms with E-state index in [2.05, 4.69) is 17.6 Å². The van der Waals surface area contributed by atoms with Crippen molar-refractivity contribution in [2.45, 2.75) is 45.6 Å². The molecule has 2 amide bonds. The molecular formula is C17H24N2O3. The fraction of sp³-hybridized carbons (Fsp3) is 0.529. The van der Waals surface area contributed by atoms with Gasteiger partial charge in [-0.15, -0.1) is 0 Å². The standard InChI is InChI=1S/C17H24N2O3/c1-11-8-9-15(22-3)14(10-11)19-17(21)16(20)18-13-7-5-4-6-12(13)2/h8-10,12-13H,4-7H2,1-3H3,(H,18,20)(H,19,21). The molecule has 2 rings (SSSR count). The molecule has 0 saturated heterocycles. The van der Waals surface area contributed by atoms with E-state index in [0.717, 1.165) is 24.8 Å². The lowest BCUT2D eigenvalue weighted by atomic mass is 9.86. The molecule has 22 heavy (non-hydrogen) atoms. The minimum atomic E-state index is -0.651. The van der Waals surface area contributed by atoms with Gasteiger partial charge in [0.1, 0.15) is 5.75 Å². The van der Waals surface area contributed by atoms with Crippen molar-refractivity contribution in [3.05, 3.63) is 23.8 Å². The molecule has 2 N–H and O–H groups in total. The summed E-state index contributed by atoms with van der Waals surface area (Å²) in [4.78, 5) is 24.2. The predicted molar refractivity (Wildman–Crippen MR) is 85.9 cm³/mol. The summed E-state index contributed by atoms with van der Waals surface area (Å²) in [5.41, 5.74) is 1.50. The van der Waals surface area contributed by atoms with Crippen LogP contribution in [0, 0.1) is 12.8 Å². The summed E-state index contributed by atoms with van der Waals surface area (Å²) in [6.45, 7) is 4.03. The van der Waals surface area contributed by atoms with Gasteiger partial charge in [0, 0.05) is 6.04 Å². The number of methoxy groups -OCH3 is 1. The third-order valence-electron chi connectivity index (χ3n) is 4.24. The van der Waals surface area contributed by atoms with Crippen LogP contribution in [0.4, 0.5) is 5.69 Å². The van der Waals surface area contributed by atoms with Crippen LogP contribution in [-0.2, 0) is 9.59 Å². The van der Waals surface area contributed by atoms with Crippen LogP contribution in [0.15, 0.2) is 18.2 Å². The Labute approximate surface area is 131 Å². The average Bonchev–Trinajstić information content (AvgIpc) is 2.49. The maximum Gasteiger partial charge on any atom is 0.313 e. The lowest BCUT2D eigenvalue weighted by Gasteiger charge is -2.29. The van der Waals surface area contributed by atoms with E-state index >= 15 is 0 Å². The zero-order chi connectivity index (χ0) is 16.1. The fourth-order valence-corrected chi connectivity index (χ4v) is 2.86. The first kappa shape index (κ1) is 16.3. The second-order valence-electron chi connectivity index (χ2n) is 6.00. The number of rotatable bonds is 3. The number of anilines is 1. The molecule has 1 aromatic rings. The van der Waals surface area contributed by atoms with Crippen LogP contribution in [0.1, 0.15) is 38.2 Å². The maximum absolute atomic E-state index is 12.1. The largest absolute Gasteiger partial charge is 0.495 e. The summed E-state index contributed by atoms with van der Waals surface area (Å²) in [6.07, 6.45) is 4.33. The van der Waals surface area contributed by atoms with Gasteiger partial charge in [-0.05, 0) is 43.4 Å². The Morgan fingerprint density at radius 3 is 2.59 bits per heavy atom. The molecule has 1 saturated carbocycles. The van der Waals surface area contributed by atoms with Crippen LogP contribution < -0.4 is 15.4 Å². The van der Waals surface area contributed by atoms with Gasteiger partial charge in [0.05, 0.1) is 12.8 Å². The van der Waals surface area contributed by atoms with Gasteiger partial charge >= 0.3 is 11.8 Å². The number of benzene rings is 1. The van der Waals surface area contributed by atoms with Gasteiger partial charge < -0.3 is 15.4 Å². The van der Waals surface area contributed by atoms with E-state index in [-0.39, 0.29) is 6.04 Å². The first-order valence-corrected chi connectivity index (χ1v) is 7.77. The Morgan fingerprint density at radius 2 is 1.91 bits per heavy atom. The van der Waals surface area contributed by atoms with E-state index in [9.17, 15) is 9.59 Å². The second kappa shape index (κ2) is 7.29. The van der Waals surface area contributed by atoms with E-state index in [1.54, 1.807) is 12.1 Å². The average molecular weight is 304 g/mol. The van der Waals surface area contributed by atoms with Gasteiger partial charge in [-0.2, -0.15) is 0 Å². The first-order chi connectivity index (χ1) is 10.5. The Kier molecular flexibility index (Phi) is 5.41. The van der Waals surface area contributed by atoms with E-state index in [1.807, 2.05) is 13.0 Å². The number of nitrogens with one attached hydrogen (secondary N) is 2. The molecule has 1 fully saturated rings. The lowest BCUT2D eigenvalue weighted by Crippen LogP contribution is -2.45. The minimum absolute atomic E-state index is 0.0893. The highest BCUT2D eigenvalue weighted by atomic mass is 16.5. The highest BCUT2D eigenvalue weighted by molar-refractivity contribution is 6.39. The molecule has 120 valence electrons. The van der Waals surface area contributed by atoms with E-state index in [4.69, 9.17) is 4.74 Å². The van der Waals surface area contributed by atoms with Crippen LogP contribution >= 0.6 is 0 Å². The SMILES string of the molecule is COc1ccc(C)cc1NC(=O)C(=O)NC1CCCCC1C. The zero-order valence-corrected chi connectivity index (χ0v) is 13.4. The number of aryl methyl sites for hydroxylation is 1. The van der Waals surface area contributed by atoms with Gasteiger partial charge in [0.2, 0.25) is 0 Å². The van der Waals surface area contributed by atoms with Crippen molar-refractivity contribution in [1.82, 2.24) is 5.32 Å². The summed E-state index contributed by atoms with van der Waals surface area (Å²) >= 11 is 0. The smallest absolute Gasteiger partial charge is 0.313 e. The fourth-order valence-electron chi connectivity index (χ4n) is 2.86. The van der Waals surface area contributed by atoms with Gasteiger partial charge in [-0.25, -0.2) is 0 Å². The van der Waals surface area contributed by atoms with Crippen LogP contribution in [0.2, 0.25) is 0 Å². The third kappa shape index (κ3) is 4.00. The Hall–Kier alpha value is -2.04. The van der Waals surface area contributed by atoms with Crippen molar-refractivity contribution in [3.63, 3.8) is 0 Å². The summed E-state index contributed by atoms with van der Waals surface area (Å²) in [5.74, 6) is -0.277. The van der Waals surface area contributed by atoms with Crippen LogP contribution in [-0.4, -0.2) is 25.0 Å². The molecule has 2 unspecified atom stereocenters. The number of hydrogen-bond acceptors (Lipinski definition) is 3.